The van der Waals surface area contributed by atoms with Gasteiger partial charge in [0.15, 0.2) is 0 Å². The van der Waals surface area contributed by atoms with Crippen molar-refractivity contribution in [2.75, 3.05) is 26.8 Å². The van der Waals surface area contributed by atoms with E-state index in [1.165, 1.54) is 4.90 Å². The number of pyridine rings is 1. The monoisotopic (exact) mass is 422 g/mol. The molecule has 31 heavy (non-hydrogen) atoms. The van der Waals surface area contributed by atoms with Crippen LogP contribution in [-0.4, -0.2) is 70.0 Å². The lowest BCUT2D eigenvalue weighted by molar-refractivity contribution is -0.136. The van der Waals surface area contributed by atoms with Crippen LogP contribution in [0.5, 0.6) is 0 Å². The van der Waals surface area contributed by atoms with Crippen LogP contribution in [0.3, 0.4) is 0 Å². The Kier molecular flexibility index (Phi) is 6.34. The first-order chi connectivity index (χ1) is 15.0. The second-order valence-electron chi connectivity index (χ2n) is 8.44. The molecule has 0 unspecified atom stereocenters. The lowest BCUT2D eigenvalue weighted by Crippen LogP contribution is -2.57. The van der Waals surface area contributed by atoms with Gasteiger partial charge in [0.2, 0.25) is 0 Å². The van der Waals surface area contributed by atoms with E-state index >= 15 is 0 Å². The summed E-state index contributed by atoms with van der Waals surface area (Å²) in [6, 6.07) is 15.5. The minimum Gasteiger partial charge on any atom is -0.383 e. The van der Waals surface area contributed by atoms with Gasteiger partial charge in [0, 0.05) is 39.0 Å². The predicted octanol–water partition coefficient (Wildman–Crippen LogP) is 2.92. The molecule has 3 amide bonds. The van der Waals surface area contributed by atoms with Gasteiger partial charge in [0.25, 0.3) is 5.91 Å². The number of rotatable bonds is 7. The molecule has 2 fully saturated rings. The molecule has 2 aliphatic rings. The highest BCUT2D eigenvalue weighted by molar-refractivity contribution is 6.07. The molecule has 2 aromatic rings. The maximum absolute atomic E-state index is 13.7. The second-order valence-corrected chi connectivity index (χ2v) is 8.44. The van der Waals surface area contributed by atoms with Crippen LogP contribution in [0.2, 0.25) is 0 Å². The number of carbonyl (C=O) groups is 2. The number of methoxy groups -OCH3 is 1. The van der Waals surface area contributed by atoms with Crippen molar-refractivity contribution in [3.05, 3.63) is 66.0 Å². The van der Waals surface area contributed by atoms with Crippen molar-refractivity contribution in [1.29, 1.82) is 0 Å². The molecule has 1 spiro atoms. The first kappa shape index (κ1) is 21.5. The van der Waals surface area contributed by atoms with Crippen LogP contribution in [0.1, 0.15) is 31.0 Å². The molecule has 164 valence electrons. The van der Waals surface area contributed by atoms with Crippen molar-refractivity contribution in [2.24, 2.45) is 0 Å². The first-order valence-electron chi connectivity index (χ1n) is 10.9. The lowest BCUT2D eigenvalue weighted by Gasteiger charge is -2.44. The minimum absolute atomic E-state index is 0.0990. The van der Waals surface area contributed by atoms with E-state index in [0.29, 0.717) is 31.7 Å². The molecule has 2 aliphatic heterocycles. The Hall–Kier alpha value is -2.77. The first-order valence-corrected chi connectivity index (χ1v) is 10.9. The van der Waals surface area contributed by atoms with Gasteiger partial charge in [-0.1, -0.05) is 36.4 Å². The number of carbonyl (C=O) groups excluding carboxylic acids is 2. The minimum atomic E-state index is -0.801. The van der Waals surface area contributed by atoms with Gasteiger partial charge in [-0.2, -0.15) is 0 Å². The van der Waals surface area contributed by atoms with Gasteiger partial charge < -0.3 is 9.64 Å². The molecule has 2 saturated heterocycles. The molecule has 1 aromatic carbocycles. The predicted molar refractivity (Wildman–Crippen MR) is 117 cm³/mol. The molecule has 4 rings (SSSR count). The Morgan fingerprint density at radius 1 is 1.03 bits per heavy atom. The average molecular weight is 423 g/mol. The standard InChI is InChI=1S/C24H30N4O3/c1-19(18-31-2)26-14-11-24(12-15-26)22(29)27(17-21-10-6-7-13-25-21)23(30)28(24)16-20-8-4-3-5-9-20/h3-10,13,19H,11-12,14-18H2,1-2H3/t19-/m0/s1. The van der Waals surface area contributed by atoms with Crippen molar-refractivity contribution < 1.29 is 14.3 Å². The summed E-state index contributed by atoms with van der Waals surface area (Å²) in [5, 5.41) is 0. The van der Waals surface area contributed by atoms with Gasteiger partial charge in [-0.15, -0.1) is 0 Å². The third-order valence-corrected chi connectivity index (χ3v) is 6.51. The fraction of sp³-hybridized carbons (Fsp3) is 0.458. The number of nitrogens with zero attached hydrogens (tertiary/aromatic N) is 4. The molecular formula is C24H30N4O3. The summed E-state index contributed by atoms with van der Waals surface area (Å²) in [5.41, 5.74) is 0.940. The summed E-state index contributed by atoms with van der Waals surface area (Å²) >= 11 is 0. The van der Waals surface area contributed by atoms with E-state index in [2.05, 4.69) is 16.8 Å². The zero-order chi connectivity index (χ0) is 21.8. The summed E-state index contributed by atoms with van der Waals surface area (Å²) in [7, 11) is 1.71. The number of aromatic nitrogens is 1. The van der Waals surface area contributed by atoms with Crippen LogP contribution in [0, 0.1) is 0 Å². The van der Waals surface area contributed by atoms with Crippen LogP contribution in [-0.2, 0) is 22.6 Å². The van der Waals surface area contributed by atoms with Gasteiger partial charge in [-0.05, 0) is 37.5 Å². The lowest BCUT2D eigenvalue weighted by atomic mass is 9.85. The normalized spacial score (nSPS) is 19.9. The van der Waals surface area contributed by atoms with E-state index in [9.17, 15) is 9.59 Å². The molecule has 7 nitrogen and oxygen atoms in total. The topological polar surface area (TPSA) is 66.0 Å². The maximum atomic E-state index is 13.7. The Morgan fingerprint density at radius 2 is 1.74 bits per heavy atom. The van der Waals surface area contributed by atoms with Crippen molar-refractivity contribution in [3.63, 3.8) is 0 Å². The van der Waals surface area contributed by atoms with Gasteiger partial charge in [0.05, 0.1) is 18.8 Å². The number of urea groups is 1. The summed E-state index contributed by atoms with van der Waals surface area (Å²) in [6.07, 6.45) is 2.93. The fourth-order valence-corrected chi connectivity index (χ4v) is 4.73. The summed E-state index contributed by atoms with van der Waals surface area (Å²) in [6.45, 7) is 4.93. The largest absolute Gasteiger partial charge is 0.383 e. The number of piperidine rings is 1. The highest BCUT2D eigenvalue weighted by Crippen LogP contribution is 2.39. The molecule has 0 bridgehead atoms. The van der Waals surface area contributed by atoms with Crippen LogP contribution >= 0.6 is 0 Å². The van der Waals surface area contributed by atoms with E-state index in [1.807, 2.05) is 48.5 Å². The van der Waals surface area contributed by atoms with Gasteiger partial charge in [0.1, 0.15) is 5.54 Å². The SMILES string of the molecule is COC[C@H](C)N1CCC2(CC1)C(=O)N(Cc1ccccn1)C(=O)N2Cc1ccccc1. The highest BCUT2D eigenvalue weighted by atomic mass is 16.5. The Bertz CT molecular complexity index is 898. The number of hydrogen-bond donors (Lipinski definition) is 0. The van der Waals surface area contributed by atoms with Crippen LogP contribution in [0.4, 0.5) is 4.79 Å². The Balaban J connectivity index is 1.60. The van der Waals surface area contributed by atoms with Crippen molar-refractivity contribution >= 4 is 11.9 Å². The molecule has 0 radical (unpaired) electrons. The van der Waals surface area contributed by atoms with Crippen LogP contribution in [0.15, 0.2) is 54.7 Å². The van der Waals surface area contributed by atoms with E-state index in [0.717, 1.165) is 18.7 Å². The van der Waals surface area contributed by atoms with Crippen molar-refractivity contribution in [1.82, 2.24) is 19.7 Å². The number of benzene rings is 1. The number of imide groups is 1. The highest BCUT2D eigenvalue weighted by Gasteiger charge is 2.58. The Morgan fingerprint density at radius 3 is 2.39 bits per heavy atom. The molecule has 0 saturated carbocycles. The quantitative estimate of drug-likeness (QED) is 0.642. The molecule has 0 N–H and O–H groups in total. The molecule has 0 aliphatic carbocycles. The Labute approximate surface area is 183 Å². The van der Waals surface area contributed by atoms with Gasteiger partial charge in [-0.3, -0.25) is 19.6 Å². The second kappa shape index (κ2) is 9.16. The van der Waals surface area contributed by atoms with E-state index in [4.69, 9.17) is 4.74 Å². The van der Waals surface area contributed by atoms with Crippen molar-refractivity contribution in [3.8, 4) is 0 Å². The molecule has 3 heterocycles. The van der Waals surface area contributed by atoms with E-state index in [1.54, 1.807) is 18.2 Å². The van der Waals surface area contributed by atoms with Crippen LogP contribution in [0.25, 0.3) is 0 Å². The number of amides is 3. The molecular weight excluding hydrogens is 392 g/mol. The number of hydrogen-bond acceptors (Lipinski definition) is 5. The molecule has 7 heteroatoms. The van der Waals surface area contributed by atoms with Crippen LogP contribution < -0.4 is 0 Å². The third kappa shape index (κ3) is 4.20. The summed E-state index contributed by atoms with van der Waals surface area (Å²) in [5.74, 6) is -0.0990. The van der Waals surface area contributed by atoms with E-state index in [-0.39, 0.29) is 24.5 Å². The zero-order valence-corrected chi connectivity index (χ0v) is 18.2. The number of ether oxygens (including phenoxy) is 1. The summed E-state index contributed by atoms with van der Waals surface area (Å²) < 4.78 is 5.31. The average Bonchev–Trinajstić information content (AvgIpc) is 2.98. The number of likely N-dealkylation sites (tertiary alicyclic amines) is 1. The fourth-order valence-electron chi connectivity index (χ4n) is 4.73. The molecule has 1 aromatic heterocycles. The summed E-state index contributed by atoms with van der Waals surface area (Å²) in [4.78, 5) is 37.0. The van der Waals surface area contributed by atoms with E-state index < -0.39 is 5.54 Å². The van der Waals surface area contributed by atoms with Crippen molar-refractivity contribution in [2.45, 2.75) is 44.4 Å². The smallest absolute Gasteiger partial charge is 0.328 e. The van der Waals surface area contributed by atoms with Gasteiger partial charge >= 0.3 is 6.03 Å². The third-order valence-electron chi connectivity index (χ3n) is 6.51. The van der Waals surface area contributed by atoms with Gasteiger partial charge in [-0.25, -0.2) is 4.79 Å². The molecule has 1 atom stereocenters. The maximum Gasteiger partial charge on any atom is 0.328 e. The zero-order valence-electron chi connectivity index (χ0n) is 18.2.